The molecule has 1 amide bonds. The average molecular weight is 468 g/mol. The number of benzene rings is 3. The molecule has 1 unspecified atom stereocenters. The number of amides is 1. The topological polar surface area (TPSA) is 76.8 Å². The Morgan fingerprint density at radius 1 is 0.943 bits per heavy atom. The van der Waals surface area contributed by atoms with Crippen LogP contribution in [0.2, 0.25) is 0 Å². The molecule has 0 bridgehead atoms. The van der Waals surface area contributed by atoms with Crippen LogP contribution in [0.5, 0.6) is 0 Å². The zero-order valence-corrected chi connectivity index (χ0v) is 20.0. The molecule has 6 nitrogen and oxygen atoms in total. The zero-order chi connectivity index (χ0) is 24.9. The number of esters is 1. The van der Waals surface area contributed by atoms with Crippen LogP contribution in [0, 0.1) is 20.8 Å². The molecule has 0 aliphatic carbocycles. The third-order valence-electron chi connectivity index (χ3n) is 6.70. The van der Waals surface area contributed by atoms with Crippen molar-refractivity contribution in [3.63, 3.8) is 0 Å². The minimum Gasteiger partial charge on any atom is -0.465 e. The highest BCUT2D eigenvalue weighted by Gasteiger charge is 2.42. The number of aryl methyl sites for hydroxylation is 3. The molecule has 1 atom stereocenters. The molecule has 0 radical (unpaired) electrons. The van der Waals surface area contributed by atoms with Gasteiger partial charge in [0, 0.05) is 6.54 Å². The third kappa shape index (κ3) is 3.81. The van der Waals surface area contributed by atoms with E-state index in [0.717, 1.165) is 22.3 Å². The molecule has 2 heterocycles. The first-order valence-electron chi connectivity index (χ1n) is 11.4. The number of fused-ring (bicyclic) bond motifs is 2. The monoisotopic (exact) mass is 467 g/mol. The predicted octanol–water partition coefficient (Wildman–Crippen LogP) is 5.25. The van der Waals surface area contributed by atoms with Gasteiger partial charge in [0.1, 0.15) is 5.58 Å². The molecule has 35 heavy (non-hydrogen) atoms. The molecule has 1 aliphatic heterocycles. The van der Waals surface area contributed by atoms with Crippen molar-refractivity contribution in [3.05, 3.63) is 116 Å². The van der Waals surface area contributed by atoms with Gasteiger partial charge < -0.3 is 14.1 Å². The van der Waals surface area contributed by atoms with Gasteiger partial charge in [-0.05, 0) is 67.3 Å². The summed E-state index contributed by atoms with van der Waals surface area (Å²) in [5.41, 5.74) is 5.64. The molecule has 0 N–H and O–H groups in total. The minimum absolute atomic E-state index is 0.0694. The van der Waals surface area contributed by atoms with E-state index in [1.807, 2.05) is 57.2 Å². The fourth-order valence-corrected chi connectivity index (χ4v) is 4.59. The van der Waals surface area contributed by atoms with E-state index in [1.165, 1.54) is 7.11 Å². The molecule has 0 saturated heterocycles. The molecule has 0 fully saturated rings. The number of hydrogen-bond acceptors (Lipinski definition) is 5. The summed E-state index contributed by atoms with van der Waals surface area (Å²) in [5, 5.41) is 0.452. The summed E-state index contributed by atoms with van der Waals surface area (Å²) < 4.78 is 10.9. The van der Waals surface area contributed by atoms with Crippen LogP contribution in [0.3, 0.4) is 0 Å². The lowest BCUT2D eigenvalue weighted by Gasteiger charge is -2.25. The van der Waals surface area contributed by atoms with Crippen LogP contribution < -0.4 is 5.43 Å². The maximum atomic E-state index is 13.8. The first kappa shape index (κ1) is 22.6. The lowest BCUT2D eigenvalue weighted by molar-refractivity contribution is 0.0599. The van der Waals surface area contributed by atoms with Crippen molar-refractivity contribution in [1.29, 1.82) is 0 Å². The van der Waals surface area contributed by atoms with Crippen molar-refractivity contribution in [3.8, 4) is 0 Å². The third-order valence-corrected chi connectivity index (χ3v) is 6.70. The quantitative estimate of drug-likeness (QED) is 0.383. The van der Waals surface area contributed by atoms with Gasteiger partial charge >= 0.3 is 5.97 Å². The van der Waals surface area contributed by atoms with Crippen molar-refractivity contribution in [2.45, 2.75) is 33.4 Å². The first-order chi connectivity index (χ1) is 16.8. The summed E-state index contributed by atoms with van der Waals surface area (Å²) in [4.78, 5) is 41.0. The lowest BCUT2D eigenvalue weighted by atomic mass is 9.96. The molecule has 1 aliphatic rings. The van der Waals surface area contributed by atoms with Gasteiger partial charge in [-0.3, -0.25) is 9.59 Å². The largest absolute Gasteiger partial charge is 0.465 e. The fourth-order valence-electron chi connectivity index (χ4n) is 4.59. The molecular weight excluding hydrogens is 442 g/mol. The Labute approximate surface area is 202 Å². The van der Waals surface area contributed by atoms with E-state index < -0.39 is 12.0 Å². The summed E-state index contributed by atoms with van der Waals surface area (Å²) in [5.74, 6) is -0.716. The lowest BCUT2D eigenvalue weighted by Crippen LogP contribution is -2.29. The molecule has 5 rings (SSSR count). The highest BCUT2D eigenvalue weighted by molar-refractivity contribution is 5.99. The van der Waals surface area contributed by atoms with Gasteiger partial charge in [-0.1, -0.05) is 42.0 Å². The summed E-state index contributed by atoms with van der Waals surface area (Å²) in [6.07, 6.45) is 0. The molecule has 4 aromatic rings. The number of methoxy groups -OCH3 is 1. The van der Waals surface area contributed by atoms with E-state index in [1.54, 1.807) is 29.2 Å². The van der Waals surface area contributed by atoms with Gasteiger partial charge in [-0.2, -0.15) is 0 Å². The van der Waals surface area contributed by atoms with Crippen LogP contribution in [-0.2, 0) is 11.3 Å². The Balaban J connectivity index is 1.70. The van der Waals surface area contributed by atoms with E-state index >= 15 is 0 Å². The Morgan fingerprint density at radius 2 is 1.60 bits per heavy atom. The Kier molecular flexibility index (Phi) is 5.52. The predicted molar refractivity (Wildman–Crippen MR) is 133 cm³/mol. The standard InChI is InChI=1S/C29H25NO5/c1-16-5-7-19(8-6-16)15-30-25(20-9-11-21(12-10-20)29(33)34-4)24-26(31)22-13-17(2)18(3)14-23(22)35-27(24)28(30)32/h5-14,25H,15H2,1-4H3. The van der Waals surface area contributed by atoms with Crippen LogP contribution in [0.1, 0.15) is 60.3 Å². The van der Waals surface area contributed by atoms with Gasteiger partial charge in [0.2, 0.25) is 5.76 Å². The highest BCUT2D eigenvalue weighted by Crippen LogP contribution is 2.39. The first-order valence-corrected chi connectivity index (χ1v) is 11.4. The van der Waals surface area contributed by atoms with Crippen LogP contribution in [0.4, 0.5) is 0 Å². The molecule has 0 saturated carbocycles. The zero-order valence-electron chi connectivity index (χ0n) is 20.0. The number of nitrogens with zero attached hydrogens (tertiary/aromatic N) is 1. The highest BCUT2D eigenvalue weighted by atomic mass is 16.5. The van der Waals surface area contributed by atoms with Crippen molar-refractivity contribution in [1.82, 2.24) is 4.90 Å². The summed E-state index contributed by atoms with van der Waals surface area (Å²) >= 11 is 0. The smallest absolute Gasteiger partial charge is 0.337 e. The summed E-state index contributed by atoms with van der Waals surface area (Å²) in [7, 11) is 1.32. The van der Waals surface area contributed by atoms with Gasteiger partial charge in [-0.25, -0.2) is 4.79 Å². The summed E-state index contributed by atoms with van der Waals surface area (Å²) in [6, 6.07) is 17.7. The van der Waals surface area contributed by atoms with E-state index in [2.05, 4.69) is 0 Å². The minimum atomic E-state index is -0.646. The number of hydrogen-bond donors (Lipinski definition) is 0. The number of ether oxygens (including phenoxy) is 1. The van der Waals surface area contributed by atoms with Crippen LogP contribution in [0.15, 0.2) is 69.9 Å². The van der Waals surface area contributed by atoms with Crippen molar-refractivity contribution >= 4 is 22.8 Å². The second-order valence-electron chi connectivity index (χ2n) is 9.04. The average Bonchev–Trinajstić information content (AvgIpc) is 3.13. The van der Waals surface area contributed by atoms with E-state index in [4.69, 9.17) is 9.15 Å². The van der Waals surface area contributed by atoms with Crippen molar-refractivity contribution in [2.75, 3.05) is 7.11 Å². The van der Waals surface area contributed by atoms with Gasteiger partial charge in [0.15, 0.2) is 5.43 Å². The van der Waals surface area contributed by atoms with Crippen LogP contribution in [-0.4, -0.2) is 23.9 Å². The summed E-state index contributed by atoms with van der Waals surface area (Å²) in [6.45, 7) is 6.20. The molecule has 6 heteroatoms. The SMILES string of the molecule is COC(=O)c1ccc(C2c3c(oc4cc(C)c(C)cc4c3=O)C(=O)N2Cc2ccc(C)cc2)cc1. The molecule has 1 aromatic heterocycles. The second kappa shape index (κ2) is 8.55. The van der Waals surface area contributed by atoms with Crippen molar-refractivity contribution < 1.29 is 18.7 Å². The van der Waals surface area contributed by atoms with E-state index in [0.29, 0.717) is 34.2 Å². The number of carbonyl (C=O) groups excluding carboxylic acids is 2. The molecule has 0 spiro atoms. The van der Waals surface area contributed by atoms with Gasteiger partial charge in [-0.15, -0.1) is 0 Å². The normalized spacial score (nSPS) is 14.9. The van der Waals surface area contributed by atoms with Crippen LogP contribution >= 0.6 is 0 Å². The van der Waals surface area contributed by atoms with Crippen molar-refractivity contribution in [2.24, 2.45) is 0 Å². The molecular formula is C29H25NO5. The molecule has 176 valence electrons. The molecule has 3 aromatic carbocycles. The maximum absolute atomic E-state index is 13.8. The van der Waals surface area contributed by atoms with E-state index in [-0.39, 0.29) is 17.1 Å². The number of carbonyl (C=O) groups is 2. The fraction of sp³-hybridized carbons (Fsp3) is 0.207. The van der Waals surface area contributed by atoms with Gasteiger partial charge in [0.25, 0.3) is 5.91 Å². The second-order valence-corrected chi connectivity index (χ2v) is 9.04. The maximum Gasteiger partial charge on any atom is 0.337 e. The Bertz CT molecular complexity index is 1530. The van der Waals surface area contributed by atoms with Gasteiger partial charge in [0.05, 0.1) is 29.7 Å². The Morgan fingerprint density at radius 3 is 2.26 bits per heavy atom. The Hall–Kier alpha value is -4.19. The van der Waals surface area contributed by atoms with E-state index in [9.17, 15) is 14.4 Å². The van der Waals surface area contributed by atoms with Crippen LogP contribution in [0.25, 0.3) is 11.0 Å². The number of rotatable bonds is 4.